The minimum atomic E-state index is -3.91. The number of aromatic carboxylic acids is 1. The first-order valence-electron chi connectivity index (χ1n) is 6.01. The van der Waals surface area contributed by atoms with E-state index in [1.807, 2.05) is 0 Å². The number of carbonyl (C=O) groups is 1. The van der Waals surface area contributed by atoms with Gasteiger partial charge in [0.05, 0.1) is 10.6 Å². The molecule has 21 heavy (non-hydrogen) atoms. The third-order valence-electron chi connectivity index (χ3n) is 2.80. The summed E-state index contributed by atoms with van der Waals surface area (Å²) in [6, 6.07) is 2.26. The molecule has 1 N–H and O–H groups in total. The number of halogens is 2. The highest BCUT2D eigenvalue weighted by molar-refractivity contribution is 7.89. The third kappa shape index (κ3) is 4.20. The van der Waals surface area contributed by atoms with E-state index in [-0.39, 0.29) is 27.0 Å². The second-order valence-electron chi connectivity index (χ2n) is 4.33. The summed E-state index contributed by atoms with van der Waals surface area (Å²) < 4.78 is 26.0. The van der Waals surface area contributed by atoms with Gasteiger partial charge >= 0.3 is 5.97 Å². The van der Waals surface area contributed by atoms with Crippen LogP contribution in [0.25, 0.3) is 0 Å². The van der Waals surface area contributed by atoms with Crippen LogP contribution in [-0.4, -0.2) is 37.4 Å². The highest BCUT2D eigenvalue weighted by Crippen LogP contribution is 2.31. The fourth-order valence-electron chi connectivity index (χ4n) is 1.65. The Labute approximate surface area is 133 Å². The molecule has 0 bridgehead atoms. The summed E-state index contributed by atoms with van der Waals surface area (Å²) in [4.78, 5) is 10.8. The van der Waals surface area contributed by atoms with Crippen molar-refractivity contribution < 1.29 is 18.3 Å². The molecular formula is C13H15Cl2NO4S. The fourth-order valence-corrected chi connectivity index (χ4v) is 3.74. The number of carboxylic acids is 1. The van der Waals surface area contributed by atoms with Gasteiger partial charge in [-0.1, -0.05) is 29.3 Å². The third-order valence-corrected chi connectivity index (χ3v) is 5.42. The van der Waals surface area contributed by atoms with Gasteiger partial charge in [0.1, 0.15) is 4.90 Å². The summed E-state index contributed by atoms with van der Waals surface area (Å²) in [5.74, 6) is -1.34. The van der Waals surface area contributed by atoms with Gasteiger partial charge in [0.2, 0.25) is 10.0 Å². The molecule has 0 saturated heterocycles. The normalized spacial score (nSPS) is 11.6. The smallest absolute Gasteiger partial charge is 0.337 e. The number of hydrogen-bond acceptors (Lipinski definition) is 3. The first kappa shape index (κ1) is 18.0. The van der Waals surface area contributed by atoms with Crippen molar-refractivity contribution in [2.24, 2.45) is 0 Å². The Morgan fingerprint density at radius 3 is 2.57 bits per heavy atom. The summed E-state index contributed by atoms with van der Waals surface area (Å²) >= 11 is 11.7. The van der Waals surface area contributed by atoms with E-state index in [1.54, 1.807) is 6.08 Å². The monoisotopic (exact) mass is 351 g/mol. The number of nitrogens with zero attached hydrogens (tertiary/aromatic N) is 1. The molecule has 8 heteroatoms. The van der Waals surface area contributed by atoms with E-state index in [4.69, 9.17) is 28.3 Å². The van der Waals surface area contributed by atoms with Crippen LogP contribution in [-0.2, 0) is 10.0 Å². The molecule has 0 saturated carbocycles. The summed E-state index contributed by atoms with van der Waals surface area (Å²) in [6.45, 7) is 3.83. The van der Waals surface area contributed by atoms with E-state index < -0.39 is 16.0 Å². The zero-order valence-corrected chi connectivity index (χ0v) is 13.7. The Balaban J connectivity index is 3.25. The molecular weight excluding hydrogens is 337 g/mol. The maximum Gasteiger partial charge on any atom is 0.337 e. The number of carboxylic acid groups (broad SMARTS) is 1. The Kier molecular flexibility index (Phi) is 6.22. The summed E-state index contributed by atoms with van der Waals surface area (Å²) in [5.41, 5.74) is -0.345. The maximum absolute atomic E-state index is 12.4. The quantitative estimate of drug-likeness (QED) is 0.604. The molecule has 0 spiro atoms. The van der Waals surface area contributed by atoms with E-state index in [0.717, 1.165) is 16.4 Å². The molecule has 0 aliphatic rings. The predicted octanol–water partition coefficient (Wildman–Crippen LogP) is 3.28. The lowest BCUT2D eigenvalue weighted by atomic mass is 10.2. The van der Waals surface area contributed by atoms with Crippen molar-refractivity contribution in [3.8, 4) is 0 Å². The van der Waals surface area contributed by atoms with Crippen LogP contribution < -0.4 is 0 Å². The fraction of sp³-hybridized carbons (Fsp3) is 0.308. The molecule has 0 aliphatic carbocycles. The van der Waals surface area contributed by atoms with Crippen molar-refractivity contribution in [1.82, 2.24) is 4.31 Å². The van der Waals surface area contributed by atoms with Gasteiger partial charge in [0, 0.05) is 18.6 Å². The van der Waals surface area contributed by atoms with Crippen molar-refractivity contribution in [2.45, 2.75) is 17.7 Å². The molecule has 1 aromatic carbocycles. The van der Waals surface area contributed by atoms with E-state index in [1.165, 1.54) is 7.05 Å². The van der Waals surface area contributed by atoms with E-state index in [0.29, 0.717) is 12.8 Å². The number of unbranched alkanes of at least 4 members (excludes halogenated alkanes) is 1. The molecule has 0 unspecified atom stereocenters. The first-order chi connectivity index (χ1) is 9.71. The lowest BCUT2D eigenvalue weighted by Crippen LogP contribution is -2.28. The average Bonchev–Trinajstić information content (AvgIpc) is 2.40. The molecule has 116 valence electrons. The molecule has 0 fully saturated rings. The highest BCUT2D eigenvalue weighted by Gasteiger charge is 2.27. The maximum atomic E-state index is 12.4. The van der Waals surface area contributed by atoms with Crippen LogP contribution in [0.3, 0.4) is 0 Å². The molecule has 0 heterocycles. The van der Waals surface area contributed by atoms with Gasteiger partial charge in [0.15, 0.2) is 0 Å². The van der Waals surface area contributed by atoms with Crippen LogP contribution in [0.1, 0.15) is 23.2 Å². The van der Waals surface area contributed by atoms with Crippen molar-refractivity contribution in [1.29, 1.82) is 0 Å². The zero-order valence-electron chi connectivity index (χ0n) is 11.3. The minimum absolute atomic E-state index is 0.00475. The van der Waals surface area contributed by atoms with Crippen molar-refractivity contribution in [3.05, 3.63) is 40.4 Å². The SMILES string of the molecule is C=CCCCN(C)S(=O)(=O)c1cc(Cl)cc(C(=O)O)c1Cl. The topological polar surface area (TPSA) is 74.7 Å². The summed E-state index contributed by atoms with van der Waals surface area (Å²) in [7, 11) is -2.51. The Morgan fingerprint density at radius 2 is 2.05 bits per heavy atom. The van der Waals surface area contributed by atoms with E-state index >= 15 is 0 Å². The Hall–Kier alpha value is -1.08. The van der Waals surface area contributed by atoms with E-state index in [2.05, 4.69) is 6.58 Å². The number of sulfonamides is 1. The second kappa shape index (κ2) is 7.26. The number of rotatable bonds is 7. The standard InChI is InChI=1S/C13H15Cl2NO4S/c1-3-4-5-6-16(2)21(19,20)11-8-9(14)7-10(12(11)15)13(17)18/h3,7-8H,1,4-6H2,2H3,(H,17,18). The summed E-state index contributed by atoms with van der Waals surface area (Å²) in [5, 5.41) is 8.68. The molecule has 1 aromatic rings. The van der Waals surface area contributed by atoms with Gasteiger partial charge < -0.3 is 5.11 Å². The predicted molar refractivity (Wildman–Crippen MR) is 82.7 cm³/mol. The van der Waals surface area contributed by atoms with Crippen LogP contribution in [0.15, 0.2) is 29.7 Å². The Bertz CT molecular complexity index is 658. The van der Waals surface area contributed by atoms with Crippen LogP contribution in [0.5, 0.6) is 0 Å². The van der Waals surface area contributed by atoms with Crippen LogP contribution in [0.4, 0.5) is 0 Å². The lowest BCUT2D eigenvalue weighted by molar-refractivity contribution is 0.0697. The van der Waals surface area contributed by atoms with Gasteiger partial charge in [-0.2, -0.15) is 0 Å². The van der Waals surface area contributed by atoms with Gasteiger partial charge in [0.25, 0.3) is 0 Å². The van der Waals surface area contributed by atoms with Gasteiger partial charge in [-0.25, -0.2) is 17.5 Å². The number of allylic oxidation sites excluding steroid dienone is 1. The molecule has 1 rings (SSSR count). The Morgan fingerprint density at radius 1 is 1.43 bits per heavy atom. The lowest BCUT2D eigenvalue weighted by Gasteiger charge is -2.18. The first-order valence-corrected chi connectivity index (χ1v) is 8.21. The van der Waals surface area contributed by atoms with Gasteiger partial charge in [-0.05, 0) is 25.0 Å². The van der Waals surface area contributed by atoms with E-state index in [9.17, 15) is 13.2 Å². The molecule has 0 atom stereocenters. The molecule has 0 aliphatic heterocycles. The molecule has 0 aromatic heterocycles. The molecule has 5 nitrogen and oxygen atoms in total. The van der Waals surface area contributed by atoms with Crippen LogP contribution in [0, 0.1) is 0 Å². The number of hydrogen-bond donors (Lipinski definition) is 1. The zero-order chi connectivity index (χ0) is 16.2. The van der Waals surface area contributed by atoms with Crippen molar-refractivity contribution >= 4 is 39.2 Å². The van der Waals surface area contributed by atoms with Gasteiger partial charge in [-0.15, -0.1) is 6.58 Å². The van der Waals surface area contributed by atoms with Crippen molar-refractivity contribution in [2.75, 3.05) is 13.6 Å². The van der Waals surface area contributed by atoms with Gasteiger partial charge in [-0.3, -0.25) is 0 Å². The number of benzene rings is 1. The molecule has 0 amide bonds. The van der Waals surface area contributed by atoms with Crippen molar-refractivity contribution in [3.63, 3.8) is 0 Å². The molecule has 0 radical (unpaired) electrons. The average molecular weight is 352 g/mol. The van der Waals surface area contributed by atoms with Crippen LogP contribution in [0.2, 0.25) is 10.0 Å². The largest absolute Gasteiger partial charge is 0.478 e. The van der Waals surface area contributed by atoms with Crippen LogP contribution >= 0.6 is 23.2 Å². The second-order valence-corrected chi connectivity index (χ2v) is 7.16. The minimum Gasteiger partial charge on any atom is -0.478 e. The summed E-state index contributed by atoms with van der Waals surface area (Å²) in [6.07, 6.45) is 2.96. The highest BCUT2D eigenvalue weighted by atomic mass is 35.5.